The molecule has 6 nitrogen and oxygen atoms in total. The topological polar surface area (TPSA) is 81.7 Å². The molecule has 6 heteroatoms. The summed E-state index contributed by atoms with van der Waals surface area (Å²) in [4.78, 5) is 39.8. The largest absolute Gasteiger partial charge is 0.468 e. The van der Waals surface area contributed by atoms with E-state index in [0.717, 1.165) is 22.4 Å². The Hall–Kier alpha value is -3.67. The Morgan fingerprint density at radius 1 is 1.06 bits per heavy atom. The Morgan fingerprint density at radius 3 is 2.31 bits per heavy atom. The Morgan fingerprint density at radius 2 is 1.69 bits per heavy atom. The van der Waals surface area contributed by atoms with Crippen molar-refractivity contribution in [2.24, 2.45) is 11.8 Å². The number of ether oxygens (including phenoxy) is 2. The first-order chi connectivity index (χ1) is 17.3. The van der Waals surface area contributed by atoms with Crippen LogP contribution in [0.2, 0.25) is 0 Å². The first-order valence-corrected chi connectivity index (χ1v) is 12.5. The van der Waals surface area contributed by atoms with E-state index in [1.165, 1.54) is 7.11 Å². The Balaban J connectivity index is 1.83. The van der Waals surface area contributed by atoms with Gasteiger partial charge in [0.25, 0.3) is 0 Å². The summed E-state index contributed by atoms with van der Waals surface area (Å²) in [5.41, 5.74) is 5.16. The summed E-state index contributed by atoms with van der Waals surface area (Å²) in [5.74, 6) is -3.09. The zero-order chi connectivity index (χ0) is 26.0. The third-order valence-electron chi connectivity index (χ3n) is 7.20. The van der Waals surface area contributed by atoms with Crippen molar-refractivity contribution in [1.29, 1.82) is 0 Å². The van der Waals surface area contributed by atoms with E-state index in [0.29, 0.717) is 29.7 Å². The summed E-state index contributed by atoms with van der Waals surface area (Å²) >= 11 is 0. The van der Waals surface area contributed by atoms with E-state index in [-0.39, 0.29) is 17.8 Å². The fourth-order valence-electron chi connectivity index (χ4n) is 5.11. The molecule has 0 radical (unpaired) electrons. The van der Waals surface area contributed by atoms with Crippen LogP contribution in [0.4, 0.5) is 0 Å². The van der Waals surface area contributed by atoms with Crippen LogP contribution in [0.5, 0.6) is 0 Å². The third-order valence-corrected chi connectivity index (χ3v) is 7.20. The number of hydrogen-bond acceptors (Lipinski definition) is 6. The Labute approximate surface area is 212 Å². The summed E-state index contributed by atoms with van der Waals surface area (Å²) < 4.78 is 10.7. The number of nitrogens with one attached hydrogen (secondary N) is 1. The number of Topliss-reactive ketones (excluding diaryl/α,β-unsaturated/α-hetero) is 1. The number of methoxy groups -OCH3 is 1. The maximum Gasteiger partial charge on any atom is 0.337 e. The van der Waals surface area contributed by atoms with Gasteiger partial charge in [-0.15, -0.1) is 0 Å². The minimum atomic E-state index is -0.910. The molecule has 0 bridgehead atoms. The van der Waals surface area contributed by atoms with Gasteiger partial charge >= 0.3 is 11.9 Å². The first kappa shape index (κ1) is 25.4. The summed E-state index contributed by atoms with van der Waals surface area (Å²) in [5, 5.41) is 3.30. The van der Waals surface area contributed by atoms with Gasteiger partial charge in [0, 0.05) is 22.9 Å². The van der Waals surface area contributed by atoms with Crippen molar-refractivity contribution >= 4 is 17.7 Å². The zero-order valence-electron chi connectivity index (χ0n) is 21.5. The number of carbonyl (C=O) groups excluding carboxylic acids is 3. The standard InChI is InChI=1S/C30H33NO5/c1-6-18(3)36-30(34)25-19(4)31-23-16-17(2)24(29(33)35-5)28(32)27(23)26(25)22-14-12-21(13-15-22)20-10-8-7-9-11-20/h7-15,17-18,24,26,31H,6,16H2,1-5H3/t17-,18-,24-,26+/m0/s1. The van der Waals surface area contributed by atoms with Crippen LogP contribution >= 0.6 is 0 Å². The molecule has 188 valence electrons. The molecule has 36 heavy (non-hydrogen) atoms. The highest BCUT2D eigenvalue weighted by atomic mass is 16.5. The normalized spacial score (nSPS) is 22.5. The molecule has 2 aromatic rings. The summed E-state index contributed by atoms with van der Waals surface area (Å²) in [7, 11) is 1.30. The second kappa shape index (κ2) is 10.5. The van der Waals surface area contributed by atoms with Crippen LogP contribution in [0.25, 0.3) is 11.1 Å². The maximum atomic E-state index is 13.8. The van der Waals surface area contributed by atoms with E-state index >= 15 is 0 Å². The average Bonchev–Trinajstić information content (AvgIpc) is 2.88. The van der Waals surface area contributed by atoms with Crippen LogP contribution in [0, 0.1) is 11.8 Å². The molecule has 0 saturated heterocycles. The van der Waals surface area contributed by atoms with Gasteiger partial charge in [0.1, 0.15) is 5.92 Å². The summed E-state index contributed by atoms with van der Waals surface area (Å²) in [6.45, 7) is 7.51. The molecule has 4 rings (SSSR count). The first-order valence-electron chi connectivity index (χ1n) is 12.5. The van der Waals surface area contributed by atoms with Crippen molar-refractivity contribution in [3.8, 4) is 11.1 Å². The van der Waals surface area contributed by atoms with E-state index < -0.39 is 23.8 Å². The van der Waals surface area contributed by atoms with Gasteiger partial charge < -0.3 is 14.8 Å². The number of rotatable bonds is 6. The number of dihydropyridines is 1. The molecule has 1 heterocycles. The van der Waals surface area contributed by atoms with Crippen molar-refractivity contribution in [3.63, 3.8) is 0 Å². The monoisotopic (exact) mass is 487 g/mol. The Kier molecular flexibility index (Phi) is 7.43. The average molecular weight is 488 g/mol. The third kappa shape index (κ3) is 4.72. The van der Waals surface area contributed by atoms with E-state index in [4.69, 9.17) is 9.47 Å². The zero-order valence-corrected chi connectivity index (χ0v) is 21.5. The highest BCUT2D eigenvalue weighted by Crippen LogP contribution is 2.45. The SMILES string of the molecule is CC[C@H](C)OC(=O)C1=C(C)NC2=C(C(=O)[C@@H](C(=O)OC)[C@@H](C)C2)[C@@H]1c1ccc(-c2ccccc2)cc1. The number of allylic oxidation sites excluding steroid dienone is 3. The van der Waals surface area contributed by atoms with Crippen LogP contribution in [0.1, 0.15) is 52.0 Å². The van der Waals surface area contributed by atoms with E-state index in [9.17, 15) is 14.4 Å². The highest BCUT2D eigenvalue weighted by molar-refractivity contribution is 6.12. The molecule has 0 unspecified atom stereocenters. The predicted octanol–water partition coefficient (Wildman–Crippen LogP) is 5.31. The summed E-state index contributed by atoms with van der Waals surface area (Å²) in [6.07, 6.45) is 0.917. The van der Waals surface area contributed by atoms with Gasteiger partial charge in [-0.25, -0.2) is 4.79 Å². The van der Waals surface area contributed by atoms with E-state index in [1.54, 1.807) is 0 Å². The quantitative estimate of drug-likeness (QED) is 0.439. The van der Waals surface area contributed by atoms with Gasteiger partial charge in [0.05, 0.1) is 18.8 Å². The molecule has 2 aromatic carbocycles. The fraction of sp³-hybridized carbons (Fsp3) is 0.367. The molecule has 0 fully saturated rings. The lowest BCUT2D eigenvalue weighted by Crippen LogP contribution is -2.43. The van der Waals surface area contributed by atoms with Gasteiger partial charge in [-0.1, -0.05) is 68.4 Å². The van der Waals surface area contributed by atoms with Crippen LogP contribution in [-0.2, 0) is 23.9 Å². The van der Waals surface area contributed by atoms with Crippen molar-refractivity contribution in [2.45, 2.75) is 52.6 Å². The van der Waals surface area contributed by atoms with Gasteiger partial charge in [-0.2, -0.15) is 0 Å². The smallest absolute Gasteiger partial charge is 0.337 e. The molecular formula is C30H33NO5. The molecule has 0 aromatic heterocycles. The molecular weight excluding hydrogens is 454 g/mol. The van der Waals surface area contributed by atoms with E-state index in [2.05, 4.69) is 5.32 Å². The molecule has 1 aliphatic carbocycles. The number of carbonyl (C=O) groups is 3. The maximum absolute atomic E-state index is 13.8. The molecule has 0 amide bonds. The molecule has 0 spiro atoms. The van der Waals surface area contributed by atoms with Gasteiger partial charge in [-0.05, 0) is 49.3 Å². The number of benzene rings is 2. The lowest BCUT2D eigenvalue weighted by atomic mass is 9.69. The predicted molar refractivity (Wildman–Crippen MR) is 138 cm³/mol. The second-order valence-corrected chi connectivity index (χ2v) is 9.65. The second-order valence-electron chi connectivity index (χ2n) is 9.65. The van der Waals surface area contributed by atoms with Crippen molar-refractivity contribution in [2.75, 3.05) is 7.11 Å². The van der Waals surface area contributed by atoms with Crippen LogP contribution in [0.3, 0.4) is 0 Å². The van der Waals surface area contributed by atoms with Crippen LogP contribution in [-0.4, -0.2) is 30.9 Å². The number of ketones is 1. The van der Waals surface area contributed by atoms with Crippen molar-refractivity contribution < 1.29 is 23.9 Å². The van der Waals surface area contributed by atoms with Gasteiger partial charge in [-0.3, -0.25) is 9.59 Å². The summed E-state index contributed by atoms with van der Waals surface area (Å²) in [6, 6.07) is 17.9. The molecule has 2 aliphatic rings. The molecule has 0 saturated carbocycles. The van der Waals surface area contributed by atoms with Gasteiger partial charge in [0.2, 0.25) is 0 Å². The van der Waals surface area contributed by atoms with Crippen molar-refractivity contribution in [1.82, 2.24) is 5.32 Å². The number of esters is 2. The molecule has 1 aliphatic heterocycles. The minimum Gasteiger partial charge on any atom is -0.468 e. The highest BCUT2D eigenvalue weighted by Gasteiger charge is 2.47. The molecule has 4 atom stereocenters. The molecule has 1 N–H and O–H groups in total. The van der Waals surface area contributed by atoms with Crippen LogP contribution in [0.15, 0.2) is 77.1 Å². The minimum absolute atomic E-state index is 0.223. The lowest BCUT2D eigenvalue weighted by Gasteiger charge is -2.38. The van der Waals surface area contributed by atoms with Gasteiger partial charge in [0.15, 0.2) is 5.78 Å². The van der Waals surface area contributed by atoms with Crippen LogP contribution < -0.4 is 5.32 Å². The fourth-order valence-corrected chi connectivity index (χ4v) is 5.11. The lowest BCUT2D eigenvalue weighted by molar-refractivity contribution is -0.151. The number of hydrogen-bond donors (Lipinski definition) is 1. The van der Waals surface area contributed by atoms with E-state index in [1.807, 2.05) is 82.3 Å². The van der Waals surface area contributed by atoms with Crippen molar-refractivity contribution in [3.05, 3.63) is 82.7 Å². The Bertz CT molecular complexity index is 1230.